The van der Waals surface area contributed by atoms with Gasteiger partial charge in [0.25, 0.3) is 0 Å². The van der Waals surface area contributed by atoms with Crippen LogP contribution in [0.2, 0.25) is 0 Å². The first-order valence-corrected chi connectivity index (χ1v) is 2.71. The zero-order valence-corrected chi connectivity index (χ0v) is 5.46. The second-order valence-electron chi connectivity index (χ2n) is 1.82. The van der Waals surface area contributed by atoms with Crippen molar-refractivity contribution >= 4 is 20.0 Å². The summed E-state index contributed by atoms with van der Waals surface area (Å²) in [4.78, 5) is 7.62. The highest BCUT2D eigenvalue weighted by atomic mass is 15.1. The standard InChI is InChI=1S/C6H6BN3/c1-4-6(9-3-8-4)10-5(2)7/h3H,1-2H2,(H,8,9,10). The lowest BCUT2D eigenvalue weighted by molar-refractivity contribution is 1.23. The first kappa shape index (κ1) is 6.80. The molecule has 3 nitrogen and oxygen atoms in total. The first-order valence-electron chi connectivity index (χ1n) is 2.71. The van der Waals surface area contributed by atoms with Gasteiger partial charge in [-0.3, -0.25) is 0 Å². The molecule has 0 aromatic heterocycles. The largest absolute Gasteiger partial charge is 0.352 e. The quantitative estimate of drug-likeness (QED) is 0.506. The van der Waals surface area contributed by atoms with Gasteiger partial charge >= 0.3 is 0 Å². The first-order chi connectivity index (χ1) is 4.70. The summed E-state index contributed by atoms with van der Waals surface area (Å²) in [5, 5.41) is 2.70. The average molecular weight is 131 g/mol. The monoisotopic (exact) mass is 131 g/mol. The van der Waals surface area contributed by atoms with Gasteiger partial charge in [-0.25, -0.2) is 9.98 Å². The van der Waals surface area contributed by atoms with Gasteiger partial charge in [0.2, 0.25) is 0 Å². The molecule has 0 saturated heterocycles. The number of rotatable bonds is 1. The predicted octanol–water partition coefficient (Wildman–Crippen LogP) is 0.170. The Kier molecular flexibility index (Phi) is 1.71. The van der Waals surface area contributed by atoms with Gasteiger partial charge in [-0.15, -0.1) is 0 Å². The SMILES string of the molecule is [B]C(=C)NC1=NC=NC1=C. The van der Waals surface area contributed by atoms with Gasteiger partial charge in [0.15, 0.2) is 5.84 Å². The number of aliphatic imine (C=N–C) groups is 2. The molecule has 0 aromatic carbocycles. The van der Waals surface area contributed by atoms with Crippen molar-refractivity contribution in [3.8, 4) is 0 Å². The van der Waals surface area contributed by atoms with Gasteiger partial charge in [-0.1, -0.05) is 13.2 Å². The Morgan fingerprint density at radius 2 is 2.40 bits per heavy atom. The van der Waals surface area contributed by atoms with E-state index in [0.717, 1.165) is 0 Å². The van der Waals surface area contributed by atoms with Crippen LogP contribution in [0.15, 0.2) is 34.4 Å². The lowest BCUT2D eigenvalue weighted by Gasteiger charge is -2.02. The normalized spacial score (nSPS) is 15.2. The van der Waals surface area contributed by atoms with Gasteiger partial charge in [-0.2, -0.15) is 0 Å². The van der Waals surface area contributed by atoms with Gasteiger partial charge in [-0.05, 0) is 5.60 Å². The van der Waals surface area contributed by atoms with E-state index in [4.69, 9.17) is 7.85 Å². The third-order valence-corrected chi connectivity index (χ3v) is 0.953. The number of hydrogen-bond donors (Lipinski definition) is 1. The molecule has 1 N–H and O–H groups in total. The van der Waals surface area contributed by atoms with Crippen molar-refractivity contribution in [2.24, 2.45) is 9.98 Å². The molecule has 1 heterocycles. The molecule has 2 radical (unpaired) electrons. The van der Waals surface area contributed by atoms with E-state index in [1.807, 2.05) is 0 Å². The third kappa shape index (κ3) is 1.34. The molecular weight excluding hydrogens is 125 g/mol. The molecule has 48 valence electrons. The highest BCUT2D eigenvalue weighted by molar-refractivity contribution is 6.23. The Hall–Kier alpha value is -1.32. The zero-order chi connectivity index (χ0) is 7.56. The molecule has 0 fully saturated rings. The van der Waals surface area contributed by atoms with E-state index in [2.05, 4.69) is 28.5 Å². The van der Waals surface area contributed by atoms with Crippen LogP contribution < -0.4 is 5.32 Å². The fourth-order valence-corrected chi connectivity index (χ4v) is 0.548. The van der Waals surface area contributed by atoms with E-state index in [1.54, 1.807) is 0 Å². The molecular formula is C6H6BN3. The summed E-state index contributed by atoms with van der Waals surface area (Å²) in [6, 6.07) is 0. The minimum absolute atomic E-state index is 0.338. The Bertz CT molecular complexity index is 239. The summed E-state index contributed by atoms with van der Waals surface area (Å²) in [6.45, 7) is 7.04. The van der Waals surface area contributed by atoms with E-state index in [0.29, 0.717) is 17.1 Å². The Labute approximate surface area is 60.7 Å². The number of nitrogens with zero attached hydrogens (tertiary/aromatic N) is 2. The molecule has 4 heteroatoms. The molecule has 0 unspecified atom stereocenters. The predicted molar refractivity (Wildman–Crippen MR) is 43.1 cm³/mol. The van der Waals surface area contributed by atoms with Gasteiger partial charge < -0.3 is 5.32 Å². The summed E-state index contributed by atoms with van der Waals surface area (Å²) < 4.78 is 0. The molecule has 0 spiro atoms. The second kappa shape index (κ2) is 2.52. The maximum atomic E-state index is 5.25. The third-order valence-electron chi connectivity index (χ3n) is 0.953. The summed E-state index contributed by atoms with van der Waals surface area (Å²) in [5.74, 6) is 0.563. The molecule has 0 bridgehead atoms. The van der Waals surface area contributed by atoms with Crippen molar-refractivity contribution in [1.29, 1.82) is 0 Å². The second-order valence-corrected chi connectivity index (χ2v) is 1.82. The summed E-state index contributed by atoms with van der Waals surface area (Å²) in [6.07, 6.45) is 1.41. The summed E-state index contributed by atoms with van der Waals surface area (Å²) in [5.41, 5.74) is 0.914. The van der Waals surface area contributed by atoms with E-state index >= 15 is 0 Å². The van der Waals surface area contributed by atoms with Crippen LogP contribution in [0.5, 0.6) is 0 Å². The van der Waals surface area contributed by atoms with Crippen molar-refractivity contribution in [2.75, 3.05) is 0 Å². The smallest absolute Gasteiger partial charge is 0.156 e. The molecule has 0 saturated carbocycles. The lowest BCUT2D eigenvalue weighted by Crippen LogP contribution is -2.21. The maximum absolute atomic E-state index is 5.25. The zero-order valence-electron chi connectivity index (χ0n) is 5.46. The van der Waals surface area contributed by atoms with Crippen molar-refractivity contribution in [3.05, 3.63) is 24.5 Å². The van der Waals surface area contributed by atoms with Crippen molar-refractivity contribution < 1.29 is 0 Å². The molecule has 0 atom stereocenters. The highest BCUT2D eigenvalue weighted by Gasteiger charge is 2.05. The van der Waals surface area contributed by atoms with Crippen LogP contribution in [-0.4, -0.2) is 20.0 Å². The maximum Gasteiger partial charge on any atom is 0.156 e. The Morgan fingerprint density at radius 3 is 2.80 bits per heavy atom. The molecule has 0 amide bonds. The van der Waals surface area contributed by atoms with Crippen LogP contribution in [0.4, 0.5) is 0 Å². The van der Waals surface area contributed by atoms with E-state index in [-0.39, 0.29) is 0 Å². The van der Waals surface area contributed by atoms with Crippen LogP contribution in [0.1, 0.15) is 0 Å². The molecule has 0 aliphatic carbocycles. The van der Waals surface area contributed by atoms with Gasteiger partial charge in [0.05, 0.1) is 0 Å². The Balaban J connectivity index is 2.61. The highest BCUT2D eigenvalue weighted by Crippen LogP contribution is 2.00. The minimum Gasteiger partial charge on any atom is -0.352 e. The van der Waals surface area contributed by atoms with Crippen molar-refractivity contribution in [2.45, 2.75) is 0 Å². The minimum atomic E-state index is 0.338. The lowest BCUT2D eigenvalue weighted by atomic mass is 10.1. The van der Waals surface area contributed by atoms with E-state index < -0.39 is 0 Å². The molecule has 10 heavy (non-hydrogen) atoms. The van der Waals surface area contributed by atoms with Crippen LogP contribution >= 0.6 is 0 Å². The van der Waals surface area contributed by atoms with Crippen LogP contribution in [-0.2, 0) is 0 Å². The average Bonchev–Trinajstić information content (AvgIpc) is 2.15. The number of hydrogen-bond acceptors (Lipinski definition) is 3. The van der Waals surface area contributed by atoms with E-state index in [9.17, 15) is 0 Å². The Morgan fingerprint density at radius 1 is 1.70 bits per heavy atom. The molecule has 1 rings (SSSR count). The molecule has 0 aromatic rings. The van der Waals surface area contributed by atoms with E-state index in [1.165, 1.54) is 6.34 Å². The fourth-order valence-electron chi connectivity index (χ4n) is 0.548. The van der Waals surface area contributed by atoms with Gasteiger partial charge in [0.1, 0.15) is 19.9 Å². The topological polar surface area (TPSA) is 36.8 Å². The van der Waals surface area contributed by atoms with Crippen LogP contribution in [0.25, 0.3) is 0 Å². The summed E-state index contributed by atoms with van der Waals surface area (Å²) in [7, 11) is 5.25. The van der Waals surface area contributed by atoms with Crippen LogP contribution in [0, 0.1) is 0 Å². The van der Waals surface area contributed by atoms with Crippen molar-refractivity contribution in [1.82, 2.24) is 5.32 Å². The summed E-state index contributed by atoms with van der Waals surface area (Å²) >= 11 is 0. The van der Waals surface area contributed by atoms with Crippen molar-refractivity contribution in [3.63, 3.8) is 0 Å². The van der Waals surface area contributed by atoms with Gasteiger partial charge in [0, 0.05) is 0 Å². The van der Waals surface area contributed by atoms with Crippen LogP contribution in [0.3, 0.4) is 0 Å². The number of amidine groups is 1. The molecule has 1 aliphatic rings. The fraction of sp³-hybridized carbons (Fsp3) is 0. The molecule has 1 aliphatic heterocycles. The number of nitrogens with one attached hydrogen (secondary N) is 1.